The first-order valence-corrected chi connectivity index (χ1v) is 7.53. The molecule has 0 aromatic carbocycles. The van der Waals surface area contributed by atoms with E-state index in [9.17, 15) is 5.11 Å². The number of hydrogen-bond acceptors (Lipinski definition) is 3. The first kappa shape index (κ1) is 19.9. The lowest BCUT2D eigenvalue weighted by atomic mass is 10.0. The molecule has 4 nitrogen and oxygen atoms in total. The highest BCUT2D eigenvalue weighted by atomic mass is 16.3. The quantitative estimate of drug-likeness (QED) is 0.330. The van der Waals surface area contributed by atoms with E-state index >= 15 is 0 Å². The summed E-state index contributed by atoms with van der Waals surface area (Å²) < 4.78 is 0.980. The van der Waals surface area contributed by atoms with Gasteiger partial charge in [0.2, 0.25) is 0 Å². The van der Waals surface area contributed by atoms with E-state index in [1.807, 2.05) is 14.0 Å². The molecule has 0 bridgehead atoms. The van der Waals surface area contributed by atoms with Gasteiger partial charge in [-0.05, 0) is 39.3 Å². The number of rotatable bonds is 10. The van der Waals surface area contributed by atoms with E-state index in [4.69, 9.17) is 5.11 Å². The molecule has 122 valence electrons. The van der Waals surface area contributed by atoms with Crippen LogP contribution in [0.3, 0.4) is 0 Å². The highest BCUT2D eigenvalue weighted by Crippen LogP contribution is 2.14. The molecule has 1 unspecified atom stereocenters. The Morgan fingerprint density at radius 1 is 1.33 bits per heavy atom. The van der Waals surface area contributed by atoms with Gasteiger partial charge in [-0.3, -0.25) is 0 Å². The maximum atomic E-state index is 9.90. The van der Waals surface area contributed by atoms with Gasteiger partial charge in [0.15, 0.2) is 0 Å². The van der Waals surface area contributed by atoms with Crippen LogP contribution in [0, 0.1) is 0 Å². The van der Waals surface area contributed by atoms with Crippen molar-refractivity contribution >= 4 is 0 Å². The van der Waals surface area contributed by atoms with Crippen molar-refractivity contribution in [3.8, 4) is 0 Å². The summed E-state index contributed by atoms with van der Waals surface area (Å²) in [5.74, 6) is 0.103. The van der Waals surface area contributed by atoms with Crippen LogP contribution in [-0.2, 0) is 0 Å². The number of nitrogens with one attached hydrogen (secondary N) is 1. The second kappa shape index (κ2) is 9.77. The maximum Gasteiger partial charge on any atom is 0.121 e. The van der Waals surface area contributed by atoms with Crippen LogP contribution in [-0.4, -0.2) is 62.1 Å². The van der Waals surface area contributed by atoms with Gasteiger partial charge >= 0.3 is 0 Å². The van der Waals surface area contributed by atoms with Gasteiger partial charge in [-0.2, -0.15) is 0 Å². The molecule has 0 saturated carbocycles. The molecule has 0 heterocycles. The molecule has 0 aliphatic carbocycles. The average molecular weight is 297 g/mol. The molecule has 0 aromatic rings. The summed E-state index contributed by atoms with van der Waals surface area (Å²) in [6, 6.07) is 0.405. The number of allylic oxidation sites excluding steroid dienone is 1. The van der Waals surface area contributed by atoms with Gasteiger partial charge in [-0.15, -0.1) is 0 Å². The number of quaternary nitrogens is 1. The van der Waals surface area contributed by atoms with E-state index in [0.29, 0.717) is 11.6 Å². The predicted octanol–water partition coefficient (Wildman–Crippen LogP) is 2.39. The average Bonchev–Trinajstić information content (AvgIpc) is 2.37. The van der Waals surface area contributed by atoms with Gasteiger partial charge in [0.05, 0.1) is 34.3 Å². The van der Waals surface area contributed by atoms with Crippen molar-refractivity contribution < 1.29 is 14.7 Å². The fourth-order valence-electron chi connectivity index (χ4n) is 2.18. The Hall–Kier alpha value is -1.10. The SMILES string of the molecule is C=C/C(CO)=C(O)\C=C(/C)CC(CCC[N+](C)(C)C)NC. The molecule has 0 aromatic heterocycles. The van der Waals surface area contributed by atoms with Crippen LogP contribution in [0.5, 0.6) is 0 Å². The summed E-state index contributed by atoms with van der Waals surface area (Å²) in [5.41, 5.74) is 1.55. The fraction of sp³-hybridized carbons (Fsp3) is 0.647. The summed E-state index contributed by atoms with van der Waals surface area (Å²) in [6.45, 7) is 6.53. The lowest BCUT2D eigenvalue weighted by Crippen LogP contribution is -2.36. The zero-order chi connectivity index (χ0) is 16.5. The number of nitrogens with zero attached hydrogens (tertiary/aromatic N) is 1. The van der Waals surface area contributed by atoms with E-state index < -0.39 is 0 Å². The maximum absolute atomic E-state index is 9.90. The van der Waals surface area contributed by atoms with Gasteiger partial charge in [-0.1, -0.05) is 18.2 Å². The molecule has 1 atom stereocenters. The Bertz CT molecular complexity index is 379. The summed E-state index contributed by atoms with van der Waals surface area (Å²) in [7, 11) is 8.58. The highest BCUT2D eigenvalue weighted by molar-refractivity contribution is 5.29. The number of hydrogen-bond donors (Lipinski definition) is 3. The van der Waals surface area contributed by atoms with Crippen LogP contribution in [0.15, 0.2) is 35.6 Å². The summed E-state index contributed by atoms with van der Waals surface area (Å²) in [5, 5.41) is 22.3. The molecule has 0 saturated heterocycles. The monoisotopic (exact) mass is 297 g/mol. The lowest BCUT2D eigenvalue weighted by Gasteiger charge is -2.25. The fourth-order valence-corrected chi connectivity index (χ4v) is 2.18. The summed E-state index contributed by atoms with van der Waals surface area (Å²) in [4.78, 5) is 0. The van der Waals surface area contributed by atoms with Crippen molar-refractivity contribution in [3.05, 3.63) is 35.6 Å². The molecule has 0 aliphatic heterocycles. The van der Waals surface area contributed by atoms with Crippen LogP contribution in [0.2, 0.25) is 0 Å². The van der Waals surface area contributed by atoms with Crippen LogP contribution in [0.1, 0.15) is 26.2 Å². The van der Waals surface area contributed by atoms with Gasteiger partial charge < -0.3 is 20.0 Å². The Labute approximate surface area is 130 Å². The third kappa shape index (κ3) is 9.45. The van der Waals surface area contributed by atoms with Gasteiger partial charge in [0, 0.05) is 11.6 Å². The molecule has 0 rings (SSSR count). The second-order valence-electron chi connectivity index (χ2n) is 6.61. The highest BCUT2D eigenvalue weighted by Gasteiger charge is 2.11. The minimum atomic E-state index is -0.196. The molecule has 0 fully saturated rings. The largest absolute Gasteiger partial charge is 0.508 e. The molecule has 3 N–H and O–H groups in total. The predicted molar refractivity (Wildman–Crippen MR) is 90.3 cm³/mol. The molecular weight excluding hydrogens is 264 g/mol. The van der Waals surface area contributed by atoms with Crippen molar-refractivity contribution in [3.63, 3.8) is 0 Å². The van der Waals surface area contributed by atoms with Crippen molar-refractivity contribution in [2.45, 2.75) is 32.2 Å². The third-order valence-electron chi connectivity index (χ3n) is 3.49. The van der Waals surface area contributed by atoms with Gasteiger partial charge in [0.1, 0.15) is 5.76 Å². The summed E-state index contributed by atoms with van der Waals surface area (Å²) in [6.07, 6.45) is 6.36. The molecule has 0 amide bonds. The molecule has 0 spiro atoms. The van der Waals surface area contributed by atoms with E-state index in [0.717, 1.165) is 29.4 Å². The number of aliphatic hydroxyl groups is 2. The van der Waals surface area contributed by atoms with Crippen LogP contribution < -0.4 is 5.32 Å². The van der Waals surface area contributed by atoms with Gasteiger partial charge in [-0.25, -0.2) is 0 Å². The Balaban J connectivity index is 4.54. The molecule has 4 heteroatoms. The van der Waals surface area contributed by atoms with Crippen LogP contribution in [0.25, 0.3) is 0 Å². The van der Waals surface area contributed by atoms with E-state index in [-0.39, 0.29) is 12.4 Å². The first-order valence-electron chi connectivity index (χ1n) is 7.53. The summed E-state index contributed by atoms with van der Waals surface area (Å²) >= 11 is 0. The van der Waals surface area contributed by atoms with Crippen molar-refractivity contribution in [2.75, 3.05) is 41.3 Å². The normalized spacial score (nSPS) is 15.6. The smallest absolute Gasteiger partial charge is 0.121 e. The molecular formula is C17H33N2O2+. The second-order valence-corrected chi connectivity index (χ2v) is 6.61. The standard InChI is InChI=1S/C17H32N2O2/c1-7-15(13-20)17(21)12-14(2)11-16(18-3)9-8-10-19(4,5)6/h7,12,16,18,20H,1,8-11,13H2,2-6H3/p+1/b14-12+,17-15-. The minimum absolute atomic E-state index is 0.103. The topological polar surface area (TPSA) is 52.5 Å². The first-order chi connectivity index (χ1) is 9.73. The lowest BCUT2D eigenvalue weighted by molar-refractivity contribution is -0.870. The van der Waals surface area contributed by atoms with E-state index in [1.54, 1.807) is 6.08 Å². The van der Waals surface area contributed by atoms with Crippen molar-refractivity contribution in [1.29, 1.82) is 0 Å². The zero-order valence-electron chi connectivity index (χ0n) is 14.3. The van der Waals surface area contributed by atoms with Crippen molar-refractivity contribution in [2.24, 2.45) is 0 Å². The molecule has 0 aliphatic rings. The Kier molecular flexibility index (Phi) is 9.26. The minimum Gasteiger partial charge on any atom is -0.508 e. The van der Waals surface area contributed by atoms with E-state index in [2.05, 4.69) is 33.0 Å². The molecule has 0 radical (unpaired) electrons. The van der Waals surface area contributed by atoms with Crippen LogP contribution in [0.4, 0.5) is 0 Å². The van der Waals surface area contributed by atoms with Gasteiger partial charge in [0.25, 0.3) is 0 Å². The Morgan fingerprint density at radius 2 is 1.95 bits per heavy atom. The number of aliphatic hydroxyl groups excluding tert-OH is 2. The zero-order valence-corrected chi connectivity index (χ0v) is 14.3. The van der Waals surface area contributed by atoms with Crippen molar-refractivity contribution in [1.82, 2.24) is 5.32 Å². The van der Waals surface area contributed by atoms with Crippen LogP contribution >= 0.6 is 0 Å². The van der Waals surface area contributed by atoms with E-state index in [1.165, 1.54) is 12.5 Å². The Morgan fingerprint density at radius 3 is 2.38 bits per heavy atom. The molecule has 21 heavy (non-hydrogen) atoms. The third-order valence-corrected chi connectivity index (χ3v) is 3.49.